The number of anilines is 1. The molecule has 1 aromatic heterocycles. The number of benzene rings is 1. The van der Waals surface area contributed by atoms with Gasteiger partial charge in [0.1, 0.15) is 6.10 Å². The van der Waals surface area contributed by atoms with E-state index in [2.05, 4.69) is 10.4 Å². The maximum Gasteiger partial charge on any atom is 0.417 e. The highest BCUT2D eigenvalue weighted by Gasteiger charge is 2.66. The van der Waals surface area contributed by atoms with Crippen molar-refractivity contribution in [2.24, 2.45) is 5.92 Å². The quantitative estimate of drug-likeness (QED) is 0.498. The fraction of sp³-hybridized carbons (Fsp3) is 0.545. The van der Waals surface area contributed by atoms with Gasteiger partial charge in [-0.25, -0.2) is 4.39 Å². The lowest BCUT2D eigenvalue weighted by molar-refractivity contribution is -0.272. The first-order chi connectivity index (χ1) is 16.2. The van der Waals surface area contributed by atoms with Crippen molar-refractivity contribution in [2.45, 2.75) is 57.2 Å². The normalized spacial score (nSPS) is 25.5. The Morgan fingerprint density at radius 3 is 2.60 bits per heavy atom. The minimum atomic E-state index is -4.88. The molecule has 0 saturated carbocycles. The number of halogens is 5. The Hall–Kier alpha value is -2.77. The van der Waals surface area contributed by atoms with Crippen LogP contribution < -0.4 is 10.1 Å². The molecular formula is C22H26F5N3O5. The van der Waals surface area contributed by atoms with Crippen LogP contribution in [-0.4, -0.2) is 63.6 Å². The fourth-order valence-electron chi connectivity index (χ4n) is 4.25. The van der Waals surface area contributed by atoms with Crippen LogP contribution in [0.15, 0.2) is 18.3 Å². The lowest BCUT2D eigenvalue weighted by atomic mass is 9.77. The summed E-state index contributed by atoms with van der Waals surface area (Å²) < 4.78 is 81.8. The predicted octanol–water partition coefficient (Wildman–Crippen LogP) is 2.91. The van der Waals surface area contributed by atoms with Crippen LogP contribution in [0.1, 0.15) is 31.0 Å². The van der Waals surface area contributed by atoms with Crippen molar-refractivity contribution in [3.8, 4) is 5.75 Å². The van der Waals surface area contributed by atoms with Crippen LogP contribution in [0.3, 0.4) is 0 Å². The molecule has 0 aliphatic carbocycles. The maximum atomic E-state index is 14.4. The van der Waals surface area contributed by atoms with Gasteiger partial charge in [0.2, 0.25) is 5.82 Å². The Labute approximate surface area is 197 Å². The van der Waals surface area contributed by atoms with Crippen LogP contribution in [0.25, 0.3) is 0 Å². The van der Waals surface area contributed by atoms with Gasteiger partial charge in [0.05, 0.1) is 37.7 Å². The summed E-state index contributed by atoms with van der Waals surface area (Å²) in [5, 5.41) is 25.1. The molecular weight excluding hydrogens is 481 g/mol. The molecule has 0 spiro atoms. The minimum absolute atomic E-state index is 0.0923. The van der Waals surface area contributed by atoms with Crippen LogP contribution in [-0.2, 0) is 16.1 Å². The molecule has 3 N–H and O–H groups in total. The minimum Gasteiger partial charge on any atom is -0.493 e. The van der Waals surface area contributed by atoms with Crippen molar-refractivity contribution in [1.29, 1.82) is 0 Å². The number of methoxy groups -OCH3 is 1. The van der Waals surface area contributed by atoms with Gasteiger partial charge in [-0.05, 0) is 19.9 Å². The van der Waals surface area contributed by atoms with E-state index in [1.165, 1.54) is 24.7 Å². The summed E-state index contributed by atoms with van der Waals surface area (Å²) >= 11 is 0. The number of ether oxygens (including phenoxy) is 2. The number of rotatable bonds is 7. The number of carbonyl (C=O) groups excluding carboxylic acids is 1. The Morgan fingerprint density at radius 1 is 1.37 bits per heavy atom. The van der Waals surface area contributed by atoms with E-state index < -0.39 is 65.7 Å². The summed E-state index contributed by atoms with van der Waals surface area (Å²) in [5.74, 6) is -6.97. The molecule has 1 amide bonds. The van der Waals surface area contributed by atoms with Crippen LogP contribution in [0.4, 0.5) is 27.6 Å². The number of aryl methyl sites for hydroxylation is 1. The summed E-state index contributed by atoms with van der Waals surface area (Å²) in [4.78, 5) is 13.2. The first kappa shape index (κ1) is 26.8. The monoisotopic (exact) mass is 507 g/mol. The highest BCUT2D eigenvalue weighted by atomic mass is 19.4. The molecule has 8 nitrogen and oxygen atoms in total. The standard InChI is InChI=1S/C22H26F5N3O5/c1-10-16(13-5-6-14(23)17(24)18(13)34-4)19(35-21(10,3)22(25,26)27)20(33)28-15-8-30(29-11(15)2)7-12(32)9-31/h5-6,8,10,12,16,19,31-32H,7,9H2,1-4H3,(H,28,33)/t10-,12-,16-,19+,21+/m0/s1. The summed E-state index contributed by atoms with van der Waals surface area (Å²) in [6, 6.07) is 1.82. The molecule has 35 heavy (non-hydrogen) atoms. The summed E-state index contributed by atoms with van der Waals surface area (Å²) in [5.41, 5.74) is -2.51. The number of hydrogen-bond donors (Lipinski definition) is 3. The second kappa shape index (κ2) is 9.70. The third kappa shape index (κ3) is 4.84. The fourth-order valence-corrected chi connectivity index (χ4v) is 4.25. The van der Waals surface area contributed by atoms with Gasteiger partial charge < -0.3 is 25.0 Å². The lowest BCUT2D eigenvalue weighted by Crippen LogP contribution is -2.47. The van der Waals surface area contributed by atoms with Crippen molar-refractivity contribution in [2.75, 3.05) is 19.0 Å². The van der Waals surface area contributed by atoms with E-state index in [1.807, 2.05) is 0 Å². The molecule has 1 saturated heterocycles. The second-order valence-corrected chi connectivity index (χ2v) is 8.62. The van der Waals surface area contributed by atoms with Gasteiger partial charge in [0.25, 0.3) is 5.91 Å². The number of carbonyl (C=O) groups is 1. The zero-order chi connectivity index (χ0) is 26.3. The Kier molecular flexibility index (Phi) is 7.44. The van der Waals surface area contributed by atoms with E-state index in [4.69, 9.17) is 14.6 Å². The summed E-state index contributed by atoms with van der Waals surface area (Å²) in [6.45, 7) is 2.91. The molecule has 5 atom stereocenters. The molecule has 1 aliphatic rings. The van der Waals surface area contributed by atoms with E-state index >= 15 is 0 Å². The molecule has 0 bridgehead atoms. The zero-order valence-electron chi connectivity index (χ0n) is 19.4. The Bertz CT molecular complexity index is 1090. The van der Waals surface area contributed by atoms with E-state index in [0.29, 0.717) is 0 Å². The SMILES string of the molecule is COc1c([C@H]2[C@H](C(=O)Nc3cn(C[C@H](O)CO)nc3C)O[C@@](C)(C(F)(F)F)[C@H]2C)ccc(F)c1F. The lowest BCUT2D eigenvalue weighted by Gasteiger charge is -2.32. The van der Waals surface area contributed by atoms with Crippen LogP contribution >= 0.6 is 0 Å². The number of aliphatic hydroxyl groups excluding tert-OH is 2. The molecule has 0 radical (unpaired) electrons. The van der Waals surface area contributed by atoms with Gasteiger partial charge in [-0.2, -0.15) is 22.7 Å². The number of hydrogen-bond acceptors (Lipinski definition) is 6. The van der Waals surface area contributed by atoms with Crippen molar-refractivity contribution < 1.29 is 46.4 Å². The highest BCUT2D eigenvalue weighted by molar-refractivity contribution is 5.95. The first-order valence-electron chi connectivity index (χ1n) is 10.6. The molecule has 1 aliphatic heterocycles. The largest absolute Gasteiger partial charge is 0.493 e. The number of alkyl halides is 3. The van der Waals surface area contributed by atoms with E-state index in [0.717, 1.165) is 26.2 Å². The van der Waals surface area contributed by atoms with Crippen LogP contribution in [0.5, 0.6) is 5.75 Å². The third-order valence-electron chi connectivity index (χ3n) is 6.38. The molecule has 1 fully saturated rings. The average Bonchev–Trinajstić information content (AvgIpc) is 3.26. The highest BCUT2D eigenvalue weighted by Crippen LogP contribution is 2.55. The van der Waals surface area contributed by atoms with Gasteiger partial charge in [0, 0.05) is 23.6 Å². The van der Waals surface area contributed by atoms with E-state index in [9.17, 15) is 31.9 Å². The van der Waals surface area contributed by atoms with Crippen molar-refractivity contribution in [3.05, 3.63) is 41.2 Å². The van der Waals surface area contributed by atoms with Crippen molar-refractivity contribution in [1.82, 2.24) is 9.78 Å². The van der Waals surface area contributed by atoms with Crippen molar-refractivity contribution >= 4 is 11.6 Å². The number of nitrogens with zero attached hydrogens (tertiary/aromatic N) is 2. The number of amides is 1. The number of aliphatic hydroxyl groups is 2. The first-order valence-corrected chi connectivity index (χ1v) is 10.6. The van der Waals surface area contributed by atoms with Gasteiger partial charge >= 0.3 is 6.18 Å². The molecule has 13 heteroatoms. The smallest absolute Gasteiger partial charge is 0.417 e. The molecule has 3 rings (SSSR count). The Morgan fingerprint density at radius 2 is 2.03 bits per heavy atom. The van der Waals surface area contributed by atoms with Crippen molar-refractivity contribution in [3.63, 3.8) is 0 Å². The van der Waals surface area contributed by atoms with Crippen LogP contribution in [0, 0.1) is 24.5 Å². The summed E-state index contributed by atoms with van der Waals surface area (Å²) in [7, 11) is 1.04. The topological polar surface area (TPSA) is 106 Å². The third-order valence-corrected chi connectivity index (χ3v) is 6.38. The maximum absolute atomic E-state index is 14.4. The molecule has 1 aromatic carbocycles. The van der Waals surface area contributed by atoms with Gasteiger partial charge in [-0.3, -0.25) is 9.48 Å². The molecule has 194 valence electrons. The molecule has 2 aromatic rings. The molecule has 0 unspecified atom stereocenters. The number of aromatic nitrogens is 2. The zero-order valence-corrected chi connectivity index (χ0v) is 19.4. The molecule has 2 heterocycles. The average molecular weight is 507 g/mol. The van der Waals surface area contributed by atoms with Gasteiger partial charge in [-0.1, -0.05) is 13.0 Å². The van der Waals surface area contributed by atoms with Crippen LogP contribution in [0.2, 0.25) is 0 Å². The predicted molar refractivity (Wildman–Crippen MR) is 113 cm³/mol. The van der Waals surface area contributed by atoms with Gasteiger partial charge in [0.15, 0.2) is 17.2 Å². The van der Waals surface area contributed by atoms with E-state index in [1.54, 1.807) is 0 Å². The van der Waals surface area contributed by atoms with E-state index in [-0.39, 0.29) is 23.5 Å². The number of nitrogens with one attached hydrogen (secondary N) is 1. The second-order valence-electron chi connectivity index (χ2n) is 8.62. The Balaban J connectivity index is 2.02. The van der Waals surface area contributed by atoms with Gasteiger partial charge in [-0.15, -0.1) is 0 Å². The summed E-state index contributed by atoms with van der Waals surface area (Å²) in [6.07, 6.45) is -6.41.